The van der Waals surface area contributed by atoms with Gasteiger partial charge in [-0.15, -0.1) is 0 Å². The minimum Gasteiger partial charge on any atom is -0.363 e. The van der Waals surface area contributed by atoms with Crippen LogP contribution >= 0.6 is 0 Å². The van der Waals surface area contributed by atoms with Crippen molar-refractivity contribution in [1.82, 2.24) is 10.1 Å². The predicted octanol–water partition coefficient (Wildman–Crippen LogP) is 2.08. The van der Waals surface area contributed by atoms with Gasteiger partial charge in [-0.3, -0.25) is 5.32 Å². The van der Waals surface area contributed by atoms with Gasteiger partial charge in [0.2, 0.25) is 0 Å². The van der Waals surface area contributed by atoms with Crippen LogP contribution in [0.4, 0.5) is 10.6 Å². The quantitative estimate of drug-likeness (QED) is 0.770. The first kappa shape index (κ1) is 10.0. The summed E-state index contributed by atoms with van der Waals surface area (Å²) in [6.45, 7) is 2.90. The molecule has 1 atom stereocenters. The van der Waals surface area contributed by atoms with Crippen LogP contribution in [0.25, 0.3) is 0 Å². The molecule has 1 aliphatic heterocycles. The standard InChI is InChI=1S/C10H15N3O2/c1-8-4-2-3-6-13(8)10(14)11-9-5-7-15-12-9/h5,7-8H,2-4,6H2,1H3,(H,11,12,14). The SMILES string of the molecule is CC1CCCCN1C(=O)Nc1ccon1. The summed E-state index contributed by atoms with van der Waals surface area (Å²) in [6, 6.07) is 1.86. The van der Waals surface area contributed by atoms with E-state index in [2.05, 4.69) is 21.9 Å². The van der Waals surface area contributed by atoms with Gasteiger partial charge in [-0.1, -0.05) is 5.16 Å². The Hall–Kier alpha value is -1.52. The smallest absolute Gasteiger partial charge is 0.323 e. The van der Waals surface area contributed by atoms with Gasteiger partial charge < -0.3 is 9.42 Å². The van der Waals surface area contributed by atoms with Gasteiger partial charge in [0.25, 0.3) is 0 Å². The van der Waals surface area contributed by atoms with Crippen molar-refractivity contribution in [3.05, 3.63) is 12.3 Å². The van der Waals surface area contributed by atoms with Gasteiger partial charge in [0.05, 0.1) is 0 Å². The lowest BCUT2D eigenvalue weighted by molar-refractivity contribution is 0.170. The molecule has 2 heterocycles. The largest absolute Gasteiger partial charge is 0.363 e. The second-order valence-electron chi connectivity index (χ2n) is 3.85. The summed E-state index contributed by atoms with van der Waals surface area (Å²) in [5, 5.41) is 6.35. The number of likely N-dealkylation sites (tertiary alicyclic amines) is 1. The molecule has 0 aromatic carbocycles. The topological polar surface area (TPSA) is 58.4 Å². The zero-order valence-electron chi connectivity index (χ0n) is 8.77. The lowest BCUT2D eigenvalue weighted by Gasteiger charge is -2.32. The Kier molecular flexibility index (Phi) is 2.89. The number of urea groups is 1. The normalized spacial score (nSPS) is 21.4. The van der Waals surface area contributed by atoms with Crippen LogP contribution in [0.5, 0.6) is 0 Å². The maximum absolute atomic E-state index is 11.8. The molecule has 1 aromatic rings. The van der Waals surface area contributed by atoms with E-state index in [-0.39, 0.29) is 6.03 Å². The van der Waals surface area contributed by atoms with Crippen LogP contribution in [0.3, 0.4) is 0 Å². The summed E-state index contributed by atoms with van der Waals surface area (Å²) in [6.07, 6.45) is 4.80. The van der Waals surface area contributed by atoms with E-state index in [9.17, 15) is 4.79 Å². The molecule has 82 valence electrons. The number of nitrogens with zero attached hydrogens (tertiary/aromatic N) is 2. The second-order valence-corrected chi connectivity index (χ2v) is 3.85. The lowest BCUT2D eigenvalue weighted by Crippen LogP contribution is -2.44. The molecule has 0 spiro atoms. The van der Waals surface area contributed by atoms with Crippen molar-refractivity contribution in [1.29, 1.82) is 0 Å². The molecule has 0 radical (unpaired) electrons. The van der Waals surface area contributed by atoms with Crippen LogP contribution in [-0.4, -0.2) is 28.7 Å². The Morgan fingerprint density at radius 1 is 1.67 bits per heavy atom. The van der Waals surface area contributed by atoms with Gasteiger partial charge in [0, 0.05) is 18.7 Å². The average Bonchev–Trinajstić information content (AvgIpc) is 2.71. The second kappa shape index (κ2) is 4.33. The number of rotatable bonds is 1. The molecule has 2 rings (SSSR count). The third kappa shape index (κ3) is 2.29. The Morgan fingerprint density at radius 3 is 3.20 bits per heavy atom. The van der Waals surface area contributed by atoms with E-state index < -0.39 is 0 Å². The van der Waals surface area contributed by atoms with Crippen molar-refractivity contribution < 1.29 is 9.32 Å². The number of anilines is 1. The predicted molar refractivity (Wildman–Crippen MR) is 55.5 cm³/mol. The molecule has 5 heteroatoms. The van der Waals surface area contributed by atoms with Crippen LogP contribution in [0.2, 0.25) is 0 Å². The molecule has 1 fully saturated rings. The Morgan fingerprint density at radius 2 is 2.53 bits per heavy atom. The number of hydrogen-bond donors (Lipinski definition) is 1. The van der Waals surface area contributed by atoms with Gasteiger partial charge >= 0.3 is 6.03 Å². The molecule has 15 heavy (non-hydrogen) atoms. The highest BCUT2D eigenvalue weighted by Gasteiger charge is 2.23. The molecule has 0 saturated carbocycles. The molecule has 1 saturated heterocycles. The van der Waals surface area contributed by atoms with Gasteiger partial charge in [0.15, 0.2) is 5.82 Å². The number of piperidine rings is 1. The Balaban J connectivity index is 1.95. The van der Waals surface area contributed by atoms with Gasteiger partial charge in [-0.05, 0) is 26.2 Å². The molecule has 1 aromatic heterocycles. The van der Waals surface area contributed by atoms with E-state index in [1.807, 2.05) is 4.90 Å². The van der Waals surface area contributed by atoms with Crippen LogP contribution in [0.15, 0.2) is 16.9 Å². The third-order valence-corrected chi connectivity index (χ3v) is 2.74. The number of aromatic nitrogens is 1. The van der Waals surface area contributed by atoms with Crippen LogP contribution in [-0.2, 0) is 0 Å². The van der Waals surface area contributed by atoms with E-state index in [0.29, 0.717) is 11.9 Å². The minimum atomic E-state index is -0.0869. The fourth-order valence-corrected chi connectivity index (χ4v) is 1.86. The molecule has 1 unspecified atom stereocenters. The summed E-state index contributed by atoms with van der Waals surface area (Å²) in [4.78, 5) is 13.7. The number of hydrogen-bond acceptors (Lipinski definition) is 3. The van der Waals surface area contributed by atoms with Crippen LogP contribution in [0.1, 0.15) is 26.2 Å². The summed E-state index contributed by atoms with van der Waals surface area (Å²) in [5.74, 6) is 0.470. The van der Waals surface area contributed by atoms with Crippen molar-refractivity contribution in [2.24, 2.45) is 0 Å². The molecular formula is C10H15N3O2. The van der Waals surface area contributed by atoms with Crippen molar-refractivity contribution in [2.75, 3.05) is 11.9 Å². The van der Waals surface area contributed by atoms with Crippen molar-refractivity contribution in [2.45, 2.75) is 32.2 Å². The van der Waals surface area contributed by atoms with Crippen LogP contribution < -0.4 is 5.32 Å². The molecule has 1 N–H and O–H groups in total. The van der Waals surface area contributed by atoms with E-state index in [1.54, 1.807) is 6.07 Å². The summed E-state index contributed by atoms with van der Waals surface area (Å²) >= 11 is 0. The average molecular weight is 209 g/mol. The highest BCUT2D eigenvalue weighted by molar-refractivity contribution is 5.88. The highest BCUT2D eigenvalue weighted by atomic mass is 16.5. The lowest BCUT2D eigenvalue weighted by atomic mass is 10.0. The molecule has 1 aliphatic rings. The molecule has 2 amide bonds. The van der Waals surface area contributed by atoms with Crippen molar-refractivity contribution >= 4 is 11.8 Å². The maximum Gasteiger partial charge on any atom is 0.323 e. The third-order valence-electron chi connectivity index (χ3n) is 2.74. The van der Waals surface area contributed by atoms with E-state index in [0.717, 1.165) is 19.4 Å². The van der Waals surface area contributed by atoms with Gasteiger partial charge in [0.1, 0.15) is 6.26 Å². The zero-order chi connectivity index (χ0) is 10.7. The van der Waals surface area contributed by atoms with E-state index in [4.69, 9.17) is 0 Å². The molecular weight excluding hydrogens is 194 g/mol. The summed E-state index contributed by atoms with van der Waals surface area (Å²) < 4.78 is 4.65. The van der Waals surface area contributed by atoms with Gasteiger partial charge in [-0.2, -0.15) is 0 Å². The van der Waals surface area contributed by atoms with Crippen LogP contribution in [0, 0.1) is 0 Å². The van der Waals surface area contributed by atoms with E-state index in [1.165, 1.54) is 12.7 Å². The highest BCUT2D eigenvalue weighted by Crippen LogP contribution is 2.17. The maximum atomic E-state index is 11.8. The molecule has 0 aliphatic carbocycles. The zero-order valence-corrected chi connectivity index (χ0v) is 8.77. The first-order chi connectivity index (χ1) is 7.27. The fourth-order valence-electron chi connectivity index (χ4n) is 1.86. The molecule has 0 bridgehead atoms. The fraction of sp³-hybridized carbons (Fsp3) is 0.600. The molecule has 5 nitrogen and oxygen atoms in total. The first-order valence-corrected chi connectivity index (χ1v) is 5.25. The Labute approximate surface area is 88.4 Å². The first-order valence-electron chi connectivity index (χ1n) is 5.25. The number of carbonyl (C=O) groups excluding carboxylic acids is 1. The number of amides is 2. The van der Waals surface area contributed by atoms with E-state index >= 15 is 0 Å². The summed E-state index contributed by atoms with van der Waals surface area (Å²) in [5.41, 5.74) is 0. The number of carbonyl (C=O) groups is 1. The minimum absolute atomic E-state index is 0.0869. The Bertz CT molecular complexity index is 323. The van der Waals surface area contributed by atoms with Crippen molar-refractivity contribution in [3.63, 3.8) is 0 Å². The van der Waals surface area contributed by atoms with Gasteiger partial charge in [-0.25, -0.2) is 4.79 Å². The summed E-state index contributed by atoms with van der Waals surface area (Å²) in [7, 11) is 0. The van der Waals surface area contributed by atoms with Crippen molar-refractivity contribution in [3.8, 4) is 0 Å². The monoisotopic (exact) mass is 209 g/mol. The number of nitrogens with one attached hydrogen (secondary N) is 1.